The second kappa shape index (κ2) is 7.45. The predicted octanol–water partition coefficient (Wildman–Crippen LogP) is 4.01. The van der Waals surface area contributed by atoms with Gasteiger partial charge in [-0.15, -0.1) is 0 Å². The van der Waals surface area contributed by atoms with Gasteiger partial charge in [-0.25, -0.2) is 0 Å². The summed E-state index contributed by atoms with van der Waals surface area (Å²) in [6.07, 6.45) is 13.7. The van der Waals surface area contributed by atoms with E-state index in [1.165, 1.54) is 38.5 Å². The molecule has 0 bridgehead atoms. The first-order valence-corrected chi connectivity index (χ1v) is 9.30. The van der Waals surface area contributed by atoms with Crippen LogP contribution in [0.1, 0.15) is 88.8 Å². The Morgan fingerprint density at radius 3 is 2.61 bits per heavy atom. The van der Waals surface area contributed by atoms with Gasteiger partial charge in [-0.05, 0) is 31.6 Å². The Kier molecular flexibility index (Phi) is 5.34. The third-order valence-corrected chi connectivity index (χ3v) is 5.53. The molecule has 2 aliphatic carbocycles. The zero-order valence-corrected chi connectivity index (χ0v) is 14.3. The van der Waals surface area contributed by atoms with Gasteiger partial charge >= 0.3 is 0 Å². The van der Waals surface area contributed by atoms with Crippen molar-refractivity contribution in [3.05, 3.63) is 11.7 Å². The number of rotatable bonds is 6. The van der Waals surface area contributed by atoms with Crippen LogP contribution in [-0.4, -0.2) is 16.0 Å². The summed E-state index contributed by atoms with van der Waals surface area (Å²) in [4.78, 5) is 16.8. The number of aryl methyl sites for hydroxylation is 1. The average Bonchev–Trinajstić information content (AvgIpc) is 3.18. The SMILES string of the molecule is Cc1nc(C2(NC(=O)CCCC3CCCCC3)CCCC2)no1. The Hall–Kier alpha value is -1.39. The van der Waals surface area contributed by atoms with Crippen molar-refractivity contribution in [2.24, 2.45) is 5.92 Å². The highest BCUT2D eigenvalue weighted by atomic mass is 16.5. The lowest BCUT2D eigenvalue weighted by atomic mass is 9.86. The fourth-order valence-electron chi connectivity index (χ4n) is 4.23. The maximum atomic E-state index is 12.4. The molecule has 2 aliphatic rings. The zero-order valence-electron chi connectivity index (χ0n) is 14.3. The molecule has 0 spiro atoms. The minimum atomic E-state index is -0.389. The van der Waals surface area contributed by atoms with E-state index < -0.39 is 0 Å². The van der Waals surface area contributed by atoms with E-state index in [1.54, 1.807) is 6.92 Å². The van der Waals surface area contributed by atoms with Gasteiger partial charge in [0.1, 0.15) is 5.54 Å². The molecular weight excluding hydrogens is 290 g/mol. The quantitative estimate of drug-likeness (QED) is 0.860. The minimum absolute atomic E-state index is 0.144. The number of nitrogens with one attached hydrogen (secondary N) is 1. The average molecular weight is 319 g/mol. The number of hydrogen-bond donors (Lipinski definition) is 1. The molecule has 1 heterocycles. The molecule has 0 atom stereocenters. The number of aromatic nitrogens is 2. The third kappa shape index (κ3) is 4.12. The van der Waals surface area contributed by atoms with E-state index in [0.717, 1.165) is 38.0 Å². The van der Waals surface area contributed by atoms with Crippen molar-refractivity contribution in [1.29, 1.82) is 0 Å². The van der Waals surface area contributed by atoms with Gasteiger partial charge in [0, 0.05) is 13.3 Å². The molecule has 5 heteroatoms. The van der Waals surface area contributed by atoms with Crippen LogP contribution in [0.4, 0.5) is 0 Å². The summed E-state index contributed by atoms with van der Waals surface area (Å²) in [6.45, 7) is 1.80. The summed E-state index contributed by atoms with van der Waals surface area (Å²) >= 11 is 0. The van der Waals surface area contributed by atoms with Crippen molar-refractivity contribution >= 4 is 5.91 Å². The topological polar surface area (TPSA) is 68.0 Å². The fourth-order valence-corrected chi connectivity index (χ4v) is 4.23. The molecule has 0 radical (unpaired) electrons. The first kappa shape index (κ1) is 16.5. The van der Waals surface area contributed by atoms with Gasteiger partial charge in [0.25, 0.3) is 0 Å². The second-order valence-electron chi connectivity index (χ2n) is 7.37. The summed E-state index contributed by atoms with van der Waals surface area (Å²) in [6, 6.07) is 0. The molecule has 0 aromatic carbocycles. The number of hydrogen-bond acceptors (Lipinski definition) is 4. The minimum Gasteiger partial charge on any atom is -0.343 e. The lowest BCUT2D eigenvalue weighted by Gasteiger charge is -2.27. The molecule has 128 valence electrons. The van der Waals surface area contributed by atoms with Crippen LogP contribution in [0, 0.1) is 12.8 Å². The summed E-state index contributed by atoms with van der Waals surface area (Å²) in [7, 11) is 0. The summed E-state index contributed by atoms with van der Waals surface area (Å²) in [5.41, 5.74) is -0.389. The zero-order chi connectivity index (χ0) is 16.1. The standard InChI is InChI=1S/C18H29N3O2/c1-14-19-17(21-23-14)18(12-5-6-13-18)20-16(22)11-7-10-15-8-3-2-4-9-15/h15H,2-13H2,1H3,(H,20,22). The van der Waals surface area contributed by atoms with E-state index in [2.05, 4.69) is 15.5 Å². The summed E-state index contributed by atoms with van der Waals surface area (Å²) < 4.78 is 5.13. The highest BCUT2D eigenvalue weighted by molar-refractivity contribution is 5.76. The molecule has 2 saturated carbocycles. The molecule has 1 amide bonds. The second-order valence-corrected chi connectivity index (χ2v) is 7.37. The number of amides is 1. The number of carbonyl (C=O) groups excluding carboxylic acids is 1. The Labute approximate surface area is 138 Å². The van der Waals surface area contributed by atoms with E-state index in [1.807, 2.05) is 0 Å². The third-order valence-electron chi connectivity index (χ3n) is 5.53. The van der Waals surface area contributed by atoms with E-state index in [-0.39, 0.29) is 11.4 Å². The predicted molar refractivity (Wildman–Crippen MR) is 87.7 cm³/mol. The molecule has 0 saturated heterocycles. The van der Waals surface area contributed by atoms with Crippen LogP contribution in [0.25, 0.3) is 0 Å². The van der Waals surface area contributed by atoms with Crippen LogP contribution in [0.3, 0.4) is 0 Å². The molecule has 1 aromatic rings. The molecule has 1 N–H and O–H groups in total. The maximum absolute atomic E-state index is 12.4. The van der Waals surface area contributed by atoms with Crippen LogP contribution >= 0.6 is 0 Å². The van der Waals surface area contributed by atoms with Crippen LogP contribution in [0.5, 0.6) is 0 Å². The van der Waals surface area contributed by atoms with Crippen molar-refractivity contribution < 1.29 is 9.32 Å². The van der Waals surface area contributed by atoms with Crippen LogP contribution in [0.15, 0.2) is 4.52 Å². The first-order chi connectivity index (χ1) is 11.2. The Morgan fingerprint density at radius 2 is 1.96 bits per heavy atom. The van der Waals surface area contributed by atoms with E-state index >= 15 is 0 Å². The van der Waals surface area contributed by atoms with Gasteiger partial charge in [0.15, 0.2) is 5.82 Å². The largest absolute Gasteiger partial charge is 0.343 e. The van der Waals surface area contributed by atoms with Crippen molar-refractivity contribution in [3.8, 4) is 0 Å². The molecule has 0 unspecified atom stereocenters. The van der Waals surface area contributed by atoms with Gasteiger partial charge in [0.05, 0.1) is 0 Å². The lowest BCUT2D eigenvalue weighted by Crippen LogP contribution is -2.44. The van der Waals surface area contributed by atoms with Crippen LogP contribution < -0.4 is 5.32 Å². The smallest absolute Gasteiger partial charge is 0.223 e. The summed E-state index contributed by atoms with van der Waals surface area (Å²) in [5.74, 6) is 2.22. The molecule has 3 rings (SSSR count). The first-order valence-electron chi connectivity index (χ1n) is 9.30. The van der Waals surface area contributed by atoms with E-state index in [9.17, 15) is 4.79 Å². The fraction of sp³-hybridized carbons (Fsp3) is 0.833. The lowest BCUT2D eigenvalue weighted by molar-refractivity contribution is -0.123. The van der Waals surface area contributed by atoms with Crippen molar-refractivity contribution in [1.82, 2.24) is 15.5 Å². The van der Waals surface area contributed by atoms with Crippen LogP contribution in [-0.2, 0) is 10.3 Å². The highest BCUT2D eigenvalue weighted by Gasteiger charge is 2.41. The van der Waals surface area contributed by atoms with Crippen molar-refractivity contribution in [2.75, 3.05) is 0 Å². The normalized spacial score (nSPS) is 21.4. The number of nitrogens with zero attached hydrogens (tertiary/aromatic N) is 2. The van der Waals surface area contributed by atoms with Crippen molar-refractivity contribution in [2.45, 2.75) is 89.5 Å². The van der Waals surface area contributed by atoms with Crippen molar-refractivity contribution in [3.63, 3.8) is 0 Å². The summed E-state index contributed by atoms with van der Waals surface area (Å²) in [5, 5.41) is 7.31. The monoisotopic (exact) mass is 319 g/mol. The molecule has 23 heavy (non-hydrogen) atoms. The van der Waals surface area contributed by atoms with Gasteiger partial charge in [-0.1, -0.05) is 50.1 Å². The van der Waals surface area contributed by atoms with Gasteiger partial charge < -0.3 is 9.84 Å². The molecule has 0 aliphatic heterocycles. The van der Waals surface area contributed by atoms with Gasteiger partial charge in [0.2, 0.25) is 11.8 Å². The van der Waals surface area contributed by atoms with E-state index in [0.29, 0.717) is 18.1 Å². The Balaban J connectivity index is 1.50. The molecular formula is C18H29N3O2. The molecule has 2 fully saturated rings. The number of carbonyl (C=O) groups is 1. The highest BCUT2D eigenvalue weighted by Crippen LogP contribution is 2.37. The molecule has 1 aromatic heterocycles. The maximum Gasteiger partial charge on any atom is 0.223 e. The molecule has 5 nitrogen and oxygen atoms in total. The van der Waals surface area contributed by atoms with E-state index in [4.69, 9.17) is 4.52 Å². The Morgan fingerprint density at radius 1 is 1.22 bits per heavy atom. The van der Waals surface area contributed by atoms with Gasteiger partial charge in [-0.2, -0.15) is 4.98 Å². The van der Waals surface area contributed by atoms with Gasteiger partial charge in [-0.3, -0.25) is 4.79 Å². The van der Waals surface area contributed by atoms with Crippen LogP contribution in [0.2, 0.25) is 0 Å². The Bertz CT molecular complexity index is 514.